The van der Waals surface area contributed by atoms with Crippen LogP contribution in [0.4, 0.5) is 11.4 Å². The monoisotopic (exact) mass is 958 g/mol. The summed E-state index contributed by atoms with van der Waals surface area (Å²) in [6.07, 6.45) is 5.90. The maximum Gasteiger partial charge on any atom is 0.263 e. The predicted molar refractivity (Wildman–Crippen MR) is 229 cm³/mol. The number of nitrogen functional groups attached to an aromatic ring is 1. The molecule has 3 N–H and O–H groups in total. The van der Waals surface area contributed by atoms with Crippen molar-refractivity contribution in [3.05, 3.63) is 151 Å². The van der Waals surface area contributed by atoms with Crippen LogP contribution in [0.1, 0.15) is 18.6 Å². The van der Waals surface area contributed by atoms with E-state index in [0.717, 1.165) is 0 Å². The van der Waals surface area contributed by atoms with Crippen molar-refractivity contribution in [2.75, 3.05) is 10.5 Å². The first-order chi connectivity index (χ1) is 26.9. The molecule has 0 aliphatic heterocycles. The van der Waals surface area contributed by atoms with E-state index in [9.17, 15) is 22.1 Å². The van der Waals surface area contributed by atoms with E-state index in [1.807, 2.05) is 12.1 Å². The van der Waals surface area contributed by atoms with Crippen LogP contribution in [-0.2, 0) is 19.1 Å². The van der Waals surface area contributed by atoms with Crippen molar-refractivity contribution >= 4 is 111 Å². The van der Waals surface area contributed by atoms with E-state index in [2.05, 4.69) is 14.7 Å². The number of ether oxygens (including phenoxy) is 2. The first-order valence-corrected chi connectivity index (χ1v) is 21.2. The molecule has 0 saturated heterocycles. The Morgan fingerprint density at radius 3 is 1.50 bits per heavy atom. The van der Waals surface area contributed by atoms with Crippen LogP contribution in [0, 0.1) is 22.7 Å². The van der Waals surface area contributed by atoms with Crippen molar-refractivity contribution in [3.63, 3.8) is 0 Å². The minimum absolute atomic E-state index is 0. The van der Waals surface area contributed by atoms with Gasteiger partial charge in [0.05, 0.1) is 49.3 Å². The summed E-state index contributed by atoms with van der Waals surface area (Å²) in [5.74, 6) is 1.45. The minimum atomic E-state index is -3.98. The molecular weight excluding hydrogens is 937 g/mol. The van der Waals surface area contributed by atoms with Crippen molar-refractivity contribution in [1.82, 2.24) is 9.97 Å². The molecule has 2 aromatic heterocycles. The van der Waals surface area contributed by atoms with Crippen LogP contribution in [0.15, 0.2) is 120 Å². The number of sulfonamides is 1. The number of nitrogens with two attached hydrogens (primary N) is 1. The van der Waals surface area contributed by atoms with E-state index in [-0.39, 0.29) is 44.3 Å². The summed E-state index contributed by atoms with van der Waals surface area (Å²) >= 11 is 34.5. The lowest BCUT2D eigenvalue weighted by atomic mass is 10.2. The average molecular weight is 962 g/mol. The van der Waals surface area contributed by atoms with Crippen LogP contribution in [0.25, 0.3) is 0 Å². The number of hydrogen-bond acceptors (Lipinski definition) is 11. The topological polar surface area (TPSA) is 198 Å². The van der Waals surface area contributed by atoms with Crippen molar-refractivity contribution < 1.29 is 26.3 Å². The third kappa shape index (κ3) is 14.0. The smallest absolute Gasteiger partial charge is 0.263 e. The molecule has 0 aliphatic rings. The lowest BCUT2D eigenvalue weighted by Crippen LogP contribution is -2.13. The number of nitrogens with one attached hydrogen (secondary N) is 1. The Morgan fingerprint density at radius 1 is 0.586 bits per heavy atom. The Balaban J connectivity index is 0.000000255. The SMILES string of the molecule is C.N#Cc1cc(N)ccc1Oc1cncc(Cl)c1.N#Cc1cc(NS(=O)(=O)c2ccc(Cl)cc2Cl)ccc1Oc1cncc(Cl)c1.O=S(=O)(Cl)c1ccc(Cl)cc1Cl. The first kappa shape index (κ1) is 47.7. The molecule has 6 rings (SSSR count). The van der Waals surface area contributed by atoms with Crippen molar-refractivity contribution in [2.24, 2.45) is 0 Å². The molecule has 0 atom stereocenters. The maximum absolute atomic E-state index is 12.6. The summed E-state index contributed by atoms with van der Waals surface area (Å²) in [6.45, 7) is 0. The summed E-state index contributed by atoms with van der Waals surface area (Å²) in [7, 11) is -2.69. The zero-order chi connectivity index (χ0) is 41.9. The summed E-state index contributed by atoms with van der Waals surface area (Å²) in [6, 6.07) is 24.2. The highest BCUT2D eigenvalue weighted by Gasteiger charge is 2.19. The van der Waals surface area contributed by atoms with Crippen LogP contribution in [-0.4, -0.2) is 26.8 Å². The van der Waals surface area contributed by atoms with E-state index in [4.69, 9.17) is 101 Å². The summed E-state index contributed by atoms with van der Waals surface area (Å²) < 4.78 is 60.2. The molecule has 6 aromatic rings. The lowest BCUT2D eigenvalue weighted by Gasteiger charge is -2.12. The largest absolute Gasteiger partial charge is 0.454 e. The molecule has 0 spiro atoms. The fourth-order valence-corrected chi connectivity index (χ4v) is 8.13. The number of nitrogens with zero attached hydrogens (tertiary/aromatic N) is 4. The van der Waals surface area contributed by atoms with Crippen molar-refractivity contribution in [2.45, 2.75) is 17.2 Å². The second-order valence-corrected chi connectivity index (χ2v) is 17.5. The van der Waals surface area contributed by atoms with Crippen LogP contribution in [0.5, 0.6) is 23.0 Å². The summed E-state index contributed by atoms with van der Waals surface area (Å²) in [4.78, 5) is 7.52. The highest BCUT2D eigenvalue weighted by molar-refractivity contribution is 8.13. The molecule has 12 nitrogen and oxygen atoms in total. The average Bonchev–Trinajstić information content (AvgIpc) is 3.12. The molecule has 0 aliphatic carbocycles. The number of benzene rings is 4. The third-order valence-electron chi connectivity index (χ3n) is 6.63. The minimum Gasteiger partial charge on any atom is -0.454 e. The van der Waals surface area contributed by atoms with Gasteiger partial charge in [-0.3, -0.25) is 14.7 Å². The number of nitriles is 2. The number of pyridine rings is 2. The van der Waals surface area contributed by atoms with Crippen molar-refractivity contribution in [1.29, 1.82) is 10.5 Å². The van der Waals surface area contributed by atoms with Crippen molar-refractivity contribution in [3.8, 4) is 35.1 Å². The van der Waals surface area contributed by atoms with Crippen LogP contribution in [0.2, 0.25) is 30.1 Å². The molecule has 2 heterocycles. The molecule has 0 saturated carbocycles. The van der Waals surface area contributed by atoms with Gasteiger partial charge in [0.1, 0.15) is 44.9 Å². The normalized spacial score (nSPS) is 10.5. The van der Waals surface area contributed by atoms with Gasteiger partial charge >= 0.3 is 0 Å². The molecule has 300 valence electrons. The zero-order valence-electron chi connectivity index (χ0n) is 28.2. The van der Waals surface area contributed by atoms with Gasteiger partial charge in [0.25, 0.3) is 19.1 Å². The highest BCUT2D eigenvalue weighted by Crippen LogP contribution is 2.32. The van der Waals surface area contributed by atoms with Gasteiger partial charge in [0, 0.05) is 50.9 Å². The summed E-state index contributed by atoms with van der Waals surface area (Å²) in [5.41, 5.74) is 6.74. The third-order valence-corrected chi connectivity index (χ3v) is 11.2. The van der Waals surface area contributed by atoms with Gasteiger partial charge in [-0.1, -0.05) is 77.0 Å². The van der Waals surface area contributed by atoms with E-state index in [1.165, 1.54) is 85.5 Å². The van der Waals surface area contributed by atoms with E-state index < -0.39 is 19.1 Å². The second kappa shape index (κ2) is 21.3. The number of aromatic nitrogens is 2. The van der Waals surface area contributed by atoms with Gasteiger partial charge in [0.15, 0.2) is 0 Å². The number of halogens is 7. The Kier molecular flexibility index (Phi) is 17.5. The predicted octanol–water partition coefficient (Wildman–Crippen LogP) is 12.0. The molecule has 0 amide bonds. The molecule has 0 unspecified atom stereocenters. The van der Waals surface area contributed by atoms with Crippen LogP contribution in [0.3, 0.4) is 0 Å². The lowest BCUT2D eigenvalue weighted by molar-refractivity contribution is 0.478. The fourth-order valence-electron chi connectivity index (χ4n) is 4.22. The van der Waals surface area contributed by atoms with Gasteiger partial charge in [-0.25, -0.2) is 16.8 Å². The zero-order valence-corrected chi connectivity index (χ0v) is 35.1. The Hall–Kier alpha value is -4.71. The standard InChI is InChI=1S/C18H10Cl3N3O3S.C12H8ClN3O.C6H3Cl3O2S.CH4/c19-12-1-4-18(16(21)7-12)28(25,26)24-14-2-3-17(11(5-14)8-22)27-15-6-13(20)9-23-10-15;13-9-4-11(7-16-6-9)17-12-2-1-10(15)3-8(12)5-14;7-4-1-2-6(5(8)3-4)12(9,10)11;/h1-7,9-10,24H;1-4,6-7H,15H2;1-3H;1H4. The van der Waals surface area contributed by atoms with Gasteiger partial charge in [0.2, 0.25) is 0 Å². The Morgan fingerprint density at radius 2 is 1.05 bits per heavy atom. The molecule has 58 heavy (non-hydrogen) atoms. The van der Waals surface area contributed by atoms with E-state index in [0.29, 0.717) is 48.6 Å². The van der Waals surface area contributed by atoms with Crippen LogP contribution >= 0.6 is 80.3 Å². The number of rotatable bonds is 8. The molecule has 4 aromatic carbocycles. The maximum atomic E-state index is 12.6. The van der Waals surface area contributed by atoms with Crippen LogP contribution < -0.4 is 19.9 Å². The molecule has 0 fully saturated rings. The van der Waals surface area contributed by atoms with Gasteiger partial charge in [-0.15, -0.1) is 0 Å². The van der Waals surface area contributed by atoms with E-state index >= 15 is 0 Å². The van der Waals surface area contributed by atoms with E-state index in [1.54, 1.807) is 24.3 Å². The summed E-state index contributed by atoms with van der Waals surface area (Å²) in [5, 5.41) is 19.9. The first-order valence-electron chi connectivity index (χ1n) is 15.2. The Bertz CT molecular complexity index is 2750. The van der Waals surface area contributed by atoms with Gasteiger partial charge in [-0.2, -0.15) is 10.5 Å². The van der Waals surface area contributed by atoms with Gasteiger partial charge < -0.3 is 15.2 Å². The highest BCUT2D eigenvalue weighted by atomic mass is 35.7. The van der Waals surface area contributed by atoms with Gasteiger partial charge in [-0.05, 0) is 72.8 Å². The molecule has 21 heteroatoms. The fraction of sp³-hybridized carbons (Fsp3) is 0.0270. The molecule has 0 bridgehead atoms. The number of hydrogen-bond donors (Lipinski definition) is 2. The molecule has 0 radical (unpaired) electrons. The number of anilines is 2. The quantitative estimate of drug-likeness (QED) is 0.109. The molecular formula is C37H25Cl7N6O6S2. The Labute approximate surface area is 368 Å². The second-order valence-electron chi connectivity index (χ2n) is 10.8.